The van der Waals surface area contributed by atoms with Crippen LogP contribution < -0.4 is 15.8 Å². The van der Waals surface area contributed by atoms with Gasteiger partial charge in [-0.25, -0.2) is 4.98 Å². The molecule has 0 radical (unpaired) electrons. The number of H-pyrrole nitrogens is 1. The minimum absolute atomic E-state index is 0.162. The lowest BCUT2D eigenvalue weighted by molar-refractivity contribution is -0.115. The number of thioether (sulfide) groups is 1. The molecule has 1 heterocycles. The van der Waals surface area contributed by atoms with Crippen LogP contribution in [0.5, 0.6) is 5.75 Å². The maximum Gasteiger partial charge on any atom is 0.237 e. The van der Waals surface area contributed by atoms with Gasteiger partial charge in [-0.1, -0.05) is 11.8 Å². The summed E-state index contributed by atoms with van der Waals surface area (Å²) in [6.07, 6.45) is 0. The minimum Gasteiger partial charge on any atom is -0.494 e. The van der Waals surface area contributed by atoms with E-state index < -0.39 is 0 Å². The number of benzene rings is 1. The van der Waals surface area contributed by atoms with Crippen molar-refractivity contribution in [2.75, 3.05) is 18.2 Å². The highest BCUT2D eigenvalue weighted by Crippen LogP contribution is 2.28. The van der Waals surface area contributed by atoms with E-state index in [1.165, 1.54) is 18.9 Å². The molecule has 112 valence electrons. The average Bonchev–Trinajstić information content (AvgIpc) is 2.85. The van der Waals surface area contributed by atoms with E-state index >= 15 is 0 Å². The van der Waals surface area contributed by atoms with Gasteiger partial charge in [-0.2, -0.15) is 0 Å². The normalized spacial score (nSPS) is 12.0. The van der Waals surface area contributed by atoms with E-state index in [4.69, 9.17) is 10.5 Å². The minimum atomic E-state index is -0.345. The Morgan fingerprint density at radius 1 is 1.52 bits per heavy atom. The van der Waals surface area contributed by atoms with Crippen LogP contribution in [0.1, 0.15) is 12.7 Å². The highest BCUT2D eigenvalue weighted by atomic mass is 32.2. The number of nitrogens with two attached hydrogens (primary N) is 1. The summed E-state index contributed by atoms with van der Waals surface area (Å²) in [5.74, 6) is 1.07. The molecule has 0 spiro atoms. The summed E-state index contributed by atoms with van der Waals surface area (Å²) in [5.41, 5.74) is 6.83. The molecular weight excluding hydrogens is 290 g/mol. The third kappa shape index (κ3) is 3.88. The number of aromatic nitrogens is 3. The zero-order chi connectivity index (χ0) is 15.4. The van der Waals surface area contributed by atoms with Crippen LogP contribution in [0.25, 0.3) is 0 Å². The largest absolute Gasteiger partial charge is 0.494 e. The highest BCUT2D eigenvalue weighted by molar-refractivity contribution is 8.00. The Labute approximate surface area is 126 Å². The fourth-order valence-electron chi connectivity index (χ4n) is 1.63. The van der Waals surface area contributed by atoms with E-state index in [9.17, 15) is 4.79 Å². The Hall–Kier alpha value is -2.22. The number of aryl methyl sites for hydroxylation is 1. The molecule has 21 heavy (non-hydrogen) atoms. The molecule has 2 aromatic rings. The molecular formula is C13H17N5O2S. The van der Waals surface area contributed by atoms with Crippen molar-refractivity contribution in [3.63, 3.8) is 0 Å². The van der Waals surface area contributed by atoms with Gasteiger partial charge >= 0.3 is 0 Å². The Morgan fingerprint density at radius 2 is 2.29 bits per heavy atom. The molecule has 0 saturated heterocycles. The molecule has 4 N–H and O–H groups in total. The van der Waals surface area contributed by atoms with Crippen molar-refractivity contribution in [2.45, 2.75) is 24.3 Å². The van der Waals surface area contributed by atoms with Crippen LogP contribution in [-0.2, 0) is 4.79 Å². The maximum atomic E-state index is 12.2. The third-order valence-electron chi connectivity index (χ3n) is 2.71. The van der Waals surface area contributed by atoms with Gasteiger partial charge in [0.25, 0.3) is 0 Å². The van der Waals surface area contributed by atoms with Crippen molar-refractivity contribution < 1.29 is 9.53 Å². The SMILES string of the molecule is COc1cc(N)ccc1NC(=O)C(C)Sc1n[nH]c(C)n1. The quantitative estimate of drug-likeness (QED) is 0.575. The van der Waals surface area contributed by atoms with Crippen LogP contribution in [-0.4, -0.2) is 33.4 Å². The lowest BCUT2D eigenvalue weighted by Crippen LogP contribution is -2.22. The smallest absolute Gasteiger partial charge is 0.237 e. The molecule has 1 unspecified atom stereocenters. The summed E-state index contributed by atoms with van der Waals surface area (Å²) < 4.78 is 5.20. The second kappa shape index (κ2) is 6.49. The first-order valence-electron chi connectivity index (χ1n) is 6.29. The second-order valence-corrected chi connectivity index (χ2v) is 5.72. The van der Waals surface area contributed by atoms with Crippen LogP contribution >= 0.6 is 11.8 Å². The van der Waals surface area contributed by atoms with E-state index in [0.29, 0.717) is 28.1 Å². The van der Waals surface area contributed by atoms with E-state index in [1.54, 1.807) is 32.0 Å². The van der Waals surface area contributed by atoms with Crippen LogP contribution in [0.15, 0.2) is 23.4 Å². The number of carbonyl (C=O) groups excluding carboxylic acids is 1. The lowest BCUT2D eigenvalue weighted by atomic mass is 10.2. The van der Waals surface area contributed by atoms with Crippen molar-refractivity contribution in [1.82, 2.24) is 15.2 Å². The van der Waals surface area contributed by atoms with Crippen molar-refractivity contribution in [2.24, 2.45) is 0 Å². The standard InChI is InChI=1S/C13H17N5O2S/c1-7(21-13-15-8(2)17-18-13)12(19)16-10-5-4-9(14)6-11(10)20-3/h4-7H,14H2,1-3H3,(H,16,19)(H,15,17,18). The first kappa shape index (κ1) is 15.2. The monoisotopic (exact) mass is 307 g/mol. The van der Waals surface area contributed by atoms with Crippen molar-refractivity contribution in [1.29, 1.82) is 0 Å². The van der Waals surface area contributed by atoms with Gasteiger partial charge in [0.05, 0.1) is 18.0 Å². The van der Waals surface area contributed by atoms with Gasteiger partial charge in [0, 0.05) is 11.8 Å². The van der Waals surface area contributed by atoms with Crippen molar-refractivity contribution in [3.8, 4) is 5.75 Å². The molecule has 0 aliphatic heterocycles. The Balaban J connectivity index is 2.03. The van der Waals surface area contributed by atoms with Crippen LogP contribution in [0.3, 0.4) is 0 Å². The highest BCUT2D eigenvalue weighted by Gasteiger charge is 2.18. The predicted molar refractivity (Wildman–Crippen MR) is 82.5 cm³/mol. The molecule has 1 atom stereocenters. The first-order valence-corrected chi connectivity index (χ1v) is 7.17. The van der Waals surface area contributed by atoms with E-state index in [0.717, 1.165) is 0 Å². The molecule has 8 heteroatoms. The zero-order valence-electron chi connectivity index (χ0n) is 12.0. The lowest BCUT2D eigenvalue weighted by Gasteiger charge is -2.13. The van der Waals surface area contributed by atoms with Gasteiger partial charge in [0.2, 0.25) is 11.1 Å². The molecule has 7 nitrogen and oxygen atoms in total. The predicted octanol–water partition coefficient (Wildman–Crippen LogP) is 1.82. The molecule has 2 rings (SSSR count). The third-order valence-corrected chi connectivity index (χ3v) is 3.67. The number of nitrogen functional groups attached to an aromatic ring is 1. The molecule has 1 aromatic carbocycles. The number of carbonyl (C=O) groups is 1. The van der Waals surface area contributed by atoms with E-state index in [-0.39, 0.29) is 11.2 Å². The zero-order valence-corrected chi connectivity index (χ0v) is 12.8. The number of ether oxygens (including phenoxy) is 1. The van der Waals surface area contributed by atoms with E-state index in [2.05, 4.69) is 20.5 Å². The number of rotatable bonds is 5. The summed E-state index contributed by atoms with van der Waals surface area (Å²) in [6.45, 7) is 3.59. The topological polar surface area (TPSA) is 106 Å². The van der Waals surface area contributed by atoms with Crippen LogP contribution in [0.2, 0.25) is 0 Å². The summed E-state index contributed by atoms with van der Waals surface area (Å²) in [7, 11) is 1.53. The number of hydrogen-bond donors (Lipinski definition) is 3. The van der Waals surface area contributed by atoms with Gasteiger partial charge < -0.3 is 15.8 Å². The molecule has 1 aromatic heterocycles. The number of nitrogens with one attached hydrogen (secondary N) is 2. The van der Waals surface area contributed by atoms with Gasteiger partial charge in [0.1, 0.15) is 11.6 Å². The second-order valence-electron chi connectivity index (χ2n) is 4.41. The van der Waals surface area contributed by atoms with Crippen LogP contribution in [0, 0.1) is 6.92 Å². The maximum absolute atomic E-state index is 12.2. The molecule has 0 saturated carbocycles. The van der Waals surface area contributed by atoms with Crippen molar-refractivity contribution in [3.05, 3.63) is 24.0 Å². The summed E-state index contributed by atoms with van der Waals surface area (Å²) in [5, 5.41) is 9.74. The van der Waals surface area contributed by atoms with Gasteiger partial charge in [-0.15, -0.1) is 5.10 Å². The van der Waals surface area contributed by atoms with Gasteiger partial charge in [0.15, 0.2) is 0 Å². The Kier molecular flexibility index (Phi) is 4.69. The molecule has 0 bridgehead atoms. The van der Waals surface area contributed by atoms with Crippen molar-refractivity contribution >= 4 is 29.0 Å². The fourth-order valence-corrected chi connectivity index (χ4v) is 2.40. The summed E-state index contributed by atoms with van der Waals surface area (Å²) in [4.78, 5) is 16.4. The first-order chi connectivity index (χ1) is 9.99. The average molecular weight is 307 g/mol. The number of methoxy groups -OCH3 is 1. The number of amides is 1. The Bertz CT molecular complexity index is 643. The van der Waals surface area contributed by atoms with Gasteiger partial charge in [-0.05, 0) is 26.0 Å². The fraction of sp³-hybridized carbons (Fsp3) is 0.308. The van der Waals surface area contributed by atoms with Crippen LogP contribution in [0.4, 0.5) is 11.4 Å². The summed E-state index contributed by atoms with van der Waals surface area (Å²) >= 11 is 1.28. The van der Waals surface area contributed by atoms with Gasteiger partial charge in [-0.3, -0.25) is 9.89 Å². The molecule has 0 fully saturated rings. The number of nitrogens with zero attached hydrogens (tertiary/aromatic N) is 2. The number of aromatic amines is 1. The molecule has 1 amide bonds. The Morgan fingerprint density at radius 3 is 2.90 bits per heavy atom. The molecule has 0 aliphatic rings. The number of hydrogen-bond acceptors (Lipinski definition) is 6. The van der Waals surface area contributed by atoms with E-state index in [1.807, 2.05) is 0 Å². The molecule has 0 aliphatic carbocycles. The number of anilines is 2. The summed E-state index contributed by atoms with van der Waals surface area (Å²) in [6, 6.07) is 5.07.